The van der Waals surface area contributed by atoms with Crippen molar-refractivity contribution in [1.29, 1.82) is 0 Å². The van der Waals surface area contributed by atoms with Gasteiger partial charge in [-0.3, -0.25) is 4.79 Å². The van der Waals surface area contributed by atoms with E-state index < -0.39 is 0 Å². The van der Waals surface area contributed by atoms with Crippen molar-refractivity contribution in [2.45, 2.75) is 57.1 Å². The van der Waals surface area contributed by atoms with Crippen molar-refractivity contribution in [3.63, 3.8) is 0 Å². The van der Waals surface area contributed by atoms with Crippen LogP contribution < -0.4 is 5.32 Å². The van der Waals surface area contributed by atoms with E-state index in [2.05, 4.69) is 62.5 Å². The summed E-state index contributed by atoms with van der Waals surface area (Å²) in [5, 5.41) is 3.10. The minimum absolute atomic E-state index is 0.0395. The molecule has 140 valence electrons. The lowest BCUT2D eigenvalue weighted by Crippen LogP contribution is -2.29. The van der Waals surface area contributed by atoms with Gasteiger partial charge in [0.2, 0.25) is 0 Å². The van der Waals surface area contributed by atoms with Crippen molar-refractivity contribution in [1.82, 2.24) is 5.32 Å². The van der Waals surface area contributed by atoms with Crippen LogP contribution in [0.25, 0.3) is 0 Å². The number of aryl methyl sites for hydroxylation is 1. The number of hydrogen-bond acceptors (Lipinski definition) is 2. The van der Waals surface area contributed by atoms with Crippen LogP contribution in [0.15, 0.2) is 53.4 Å². The second-order valence-electron chi connectivity index (χ2n) is 6.93. The largest absolute Gasteiger partial charge is 0.352 e. The minimum Gasteiger partial charge on any atom is -0.352 e. The number of carbonyl (C=O) groups is 1. The summed E-state index contributed by atoms with van der Waals surface area (Å²) >= 11 is 1.82. The molecule has 0 saturated heterocycles. The molecule has 26 heavy (non-hydrogen) atoms. The lowest BCUT2D eigenvalue weighted by molar-refractivity contribution is 0.0946. The first kappa shape index (κ1) is 20.6. The predicted molar refractivity (Wildman–Crippen MR) is 113 cm³/mol. The Morgan fingerprint density at radius 2 is 1.73 bits per heavy atom. The van der Waals surface area contributed by atoms with Gasteiger partial charge in [0.15, 0.2) is 0 Å². The van der Waals surface area contributed by atoms with Crippen molar-refractivity contribution in [2.75, 3.05) is 6.54 Å². The van der Waals surface area contributed by atoms with Gasteiger partial charge in [0.1, 0.15) is 0 Å². The van der Waals surface area contributed by atoms with E-state index in [1.54, 1.807) is 0 Å². The Balaban J connectivity index is 1.81. The Labute approximate surface area is 162 Å². The molecule has 0 fully saturated rings. The van der Waals surface area contributed by atoms with Crippen LogP contribution in [0.4, 0.5) is 0 Å². The number of benzene rings is 2. The molecule has 3 heteroatoms. The van der Waals surface area contributed by atoms with Crippen molar-refractivity contribution in [2.24, 2.45) is 5.92 Å². The van der Waals surface area contributed by atoms with Gasteiger partial charge in [-0.05, 0) is 49.1 Å². The summed E-state index contributed by atoms with van der Waals surface area (Å²) in [5.41, 5.74) is 3.27. The van der Waals surface area contributed by atoms with Gasteiger partial charge in [0.05, 0.1) is 0 Å². The fraction of sp³-hybridized carbons (Fsp3) is 0.435. The van der Waals surface area contributed by atoms with Gasteiger partial charge in [-0.2, -0.15) is 0 Å². The highest BCUT2D eigenvalue weighted by Crippen LogP contribution is 2.23. The maximum absolute atomic E-state index is 12.3. The molecule has 2 aromatic carbocycles. The number of nitrogens with one attached hydrogen (secondary N) is 1. The third-order valence-electron chi connectivity index (χ3n) is 4.74. The third-order valence-corrected chi connectivity index (χ3v) is 5.82. The third kappa shape index (κ3) is 6.87. The van der Waals surface area contributed by atoms with Crippen LogP contribution in [0.5, 0.6) is 0 Å². The zero-order valence-corrected chi connectivity index (χ0v) is 17.1. The molecule has 2 aromatic rings. The van der Waals surface area contributed by atoms with Crippen molar-refractivity contribution in [3.8, 4) is 0 Å². The van der Waals surface area contributed by atoms with Crippen molar-refractivity contribution in [3.05, 3.63) is 65.2 Å². The molecule has 0 bridgehead atoms. The van der Waals surface area contributed by atoms with Gasteiger partial charge < -0.3 is 5.32 Å². The SMILES string of the molecule is CCCC[C@@H](CC)CNC(=O)c1ccc(CSc2ccc(C)cc2)cc1. The van der Waals surface area contributed by atoms with Crippen LogP contribution in [0.2, 0.25) is 0 Å². The van der Waals surface area contributed by atoms with E-state index in [1.165, 1.54) is 35.3 Å². The molecule has 1 amide bonds. The summed E-state index contributed by atoms with van der Waals surface area (Å²) in [6.45, 7) is 7.29. The van der Waals surface area contributed by atoms with Crippen LogP contribution in [0.1, 0.15) is 61.0 Å². The van der Waals surface area contributed by atoms with Crippen molar-refractivity contribution >= 4 is 17.7 Å². The van der Waals surface area contributed by atoms with Gasteiger partial charge >= 0.3 is 0 Å². The maximum atomic E-state index is 12.3. The number of carbonyl (C=O) groups excluding carboxylic acids is 1. The first-order valence-electron chi connectivity index (χ1n) is 9.69. The second kappa shape index (κ2) is 11.1. The van der Waals surface area contributed by atoms with Gasteiger partial charge in [-0.1, -0.05) is 62.9 Å². The lowest BCUT2D eigenvalue weighted by atomic mass is 9.99. The highest BCUT2D eigenvalue weighted by Gasteiger charge is 2.10. The molecule has 0 saturated carbocycles. The Morgan fingerprint density at radius 1 is 1.04 bits per heavy atom. The first-order chi connectivity index (χ1) is 12.6. The summed E-state index contributed by atoms with van der Waals surface area (Å²) < 4.78 is 0. The van der Waals surface area contributed by atoms with Crippen LogP contribution in [-0.2, 0) is 5.75 Å². The smallest absolute Gasteiger partial charge is 0.251 e. The number of rotatable bonds is 10. The standard InChI is InChI=1S/C23H31NOS/c1-4-6-7-19(5-2)16-24-23(25)21-12-10-20(11-13-21)17-26-22-14-8-18(3)9-15-22/h8-15,19H,4-7,16-17H2,1-3H3,(H,24,25)/t19-/m1/s1. The molecule has 0 radical (unpaired) electrons. The Hall–Kier alpha value is -1.74. The monoisotopic (exact) mass is 369 g/mol. The molecule has 0 aliphatic carbocycles. The number of unbranched alkanes of at least 4 members (excludes halogenated alkanes) is 1. The summed E-state index contributed by atoms with van der Waals surface area (Å²) in [7, 11) is 0. The molecular formula is C23H31NOS. The molecule has 0 spiro atoms. The van der Waals surface area contributed by atoms with E-state index in [-0.39, 0.29) is 5.91 Å². The van der Waals surface area contributed by atoms with Gasteiger partial charge in [-0.15, -0.1) is 11.8 Å². The van der Waals surface area contributed by atoms with E-state index >= 15 is 0 Å². The van der Waals surface area contributed by atoms with E-state index in [0.717, 1.165) is 24.3 Å². The molecule has 0 aromatic heterocycles. The maximum Gasteiger partial charge on any atom is 0.251 e. The van der Waals surface area contributed by atoms with E-state index in [4.69, 9.17) is 0 Å². The quantitative estimate of drug-likeness (QED) is 0.503. The second-order valence-corrected chi connectivity index (χ2v) is 7.97. The van der Waals surface area contributed by atoms with Crippen molar-refractivity contribution < 1.29 is 4.79 Å². The van der Waals surface area contributed by atoms with E-state index in [9.17, 15) is 4.79 Å². The van der Waals surface area contributed by atoms with Gasteiger partial charge in [0.25, 0.3) is 5.91 Å². The Morgan fingerprint density at radius 3 is 2.35 bits per heavy atom. The summed E-state index contributed by atoms with van der Waals surface area (Å²) in [6, 6.07) is 16.6. The highest BCUT2D eigenvalue weighted by molar-refractivity contribution is 7.98. The molecule has 1 N–H and O–H groups in total. The lowest BCUT2D eigenvalue weighted by Gasteiger charge is -2.15. The summed E-state index contributed by atoms with van der Waals surface area (Å²) in [4.78, 5) is 13.6. The van der Waals surface area contributed by atoms with E-state index in [0.29, 0.717) is 5.92 Å². The normalized spacial score (nSPS) is 12.0. The topological polar surface area (TPSA) is 29.1 Å². The fourth-order valence-corrected chi connectivity index (χ4v) is 3.69. The number of hydrogen-bond donors (Lipinski definition) is 1. The van der Waals surface area contributed by atoms with Gasteiger partial charge in [-0.25, -0.2) is 0 Å². The Bertz CT molecular complexity index is 664. The average Bonchev–Trinajstić information content (AvgIpc) is 2.68. The summed E-state index contributed by atoms with van der Waals surface area (Å²) in [6.07, 6.45) is 4.77. The van der Waals surface area contributed by atoms with Crippen LogP contribution in [-0.4, -0.2) is 12.5 Å². The number of amides is 1. The predicted octanol–water partition coefficient (Wildman–Crippen LogP) is 6.23. The fourth-order valence-electron chi connectivity index (χ4n) is 2.84. The summed E-state index contributed by atoms with van der Waals surface area (Å²) in [5.74, 6) is 1.54. The molecule has 0 aliphatic rings. The van der Waals surface area contributed by atoms with Crippen LogP contribution >= 0.6 is 11.8 Å². The molecule has 2 rings (SSSR count). The van der Waals surface area contributed by atoms with Crippen LogP contribution in [0, 0.1) is 12.8 Å². The minimum atomic E-state index is 0.0395. The van der Waals surface area contributed by atoms with Gasteiger partial charge in [0, 0.05) is 22.8 Å². The molecule has 0 unspecified atom stereocenters. The zero-order valence-electron chi connectivity index (χ0n) is 16.3. The highest BCUT2D eigenvalue weighted by atomic mass is 32.2. The Kier molecular flexibility index (Phi) is 8.76. The van der Waals surface area contributed by atoms with Crippen LogP contribution in [0.3, 0.4) is 0 Å². The average molecular weight is 370 g/mol. The molecule has 0 aliphatic heterocycles. The molecule has 0 heterocycles. The number of thioether (sulfide) groups is 1. The zero-order chi connectivity index (χ0) is 18.8. The van der Waals surface area contributed by atoms with E-state index in [1.807, 2.05) is 23.9 Å². The first-order valence-corrected chi connectivity index (χ1v) is 10.7. The molecule has 1 atom stereocenters. The molecule has 2 nitrogen and oxygen atoms in total. The molecular weight excluding hydrogens is 338 g/mol.